The van der Waals surface area contributed by atoms with Gasteiger partial charge in [-0.2, -0.15) is 0 Å². The Bertz CT molecular complexity index is 854. The van der Waals surface area contributed by atoms with Gasteiger partial charge in [-0.15, -0.1) is 0 Å². The van der Waals surface area contributed by atoms with E-state index in [1.54, 1.807) is 22.7 Å². The van der Waals surface area contributed by atoms with Crippen molar-refractivity contribution < 1.29 is 9.90 Å². The highest BCUT2D eigenvalue weighted by Gasteiger charge is 2.11. The molecule has 0 aliphatic heterocycles. The maximum absolute atomic E-state index is 10.8. The van der Waals surface area contributed by atoms with Gasteiger partial charge in [0.05, 0.1) is 16.4 Å². The summed E-state index contributed by atoms with van der Waals surface area (Å²) in [5, 5.41) is 9.45. The van der Waals surface area contributed by atoms with Crippen molar-refractivity contribution in [3.05, 3.63) is 76.7 Å². The van der Waals surface area contributed by atoms with Crippen molar-refractivity contribution in [3.63, 3.8) is 0 Å². The molecule has 0 fully saturated rings. The number of carboxylic acid groups (broad SMARTS) is 1. The zero-order valence-corrected chi connectivity index (χ0v) is 12.4. The van der Waals surface area contributed by atoms with Gasteiger partial charge in [-0.3, -0.25) is 4.40 Å². The largest absolute Gasteiger partial charge is 0.478 e. The van der Waals surface area contributed by atoms with Crippen LogP contribution < -0.4 is 0 Å². The summed E-state index contributed by atoms with van der Waals surface area (Å²) in [5.74, 6) is -0.998. The van der Waals surface area contributed by atoms with Crippen LogP contribution in [0.25, 0.3) is 11.7 Å². The van der Waals surface area contributed by atoms with Gasteiger partial charge in [0.1, 0.15) is 5.65 Å². The number of fused-ring (bicyclic) bond motifs is 1. The van der Waals surface area contributed by atoms with Gasteiger partial charge in [0.2, 0.25) is 0 Å². The lowest BCUT2D eigenvalue weighted by molar-refractivity contribution is -0.131. The Kier molecular flexibility index (Phi) is 3.94. The van der Waals surface area contributed by atoms with Crippen molar-refractivity contribution in [3.8, 4) is 0 Å². The molecule has 0 aliphatic rings. The first-order chi connectivity index (χ1) is 10.6. The standard InChI is InChI=1S/C17H13ClN2O2/c18-13-6-8-16-19-14(10-12-4-2-1-3-5-12)15(20(16)11-13)7-9-17(21)22/h1-9,11H,10H2,(H,21,22)/b9-7+. The SMILES string of the molecule is O=C(O)/C=C/c1c(Cc2ccccc2)nc2ccc(Cl)cn12. The molecule has 3 aromatic rings. The zero-order valence-electron chi connectivity index (χ0n) is 11.6. The summed E-state index contributed by atoms with van der Waals surface area (Å²) in [5.41, 5.74) is 3.39. The van der Waals surface area contributed by atoms with E-state index in [1.807, 2.05) is 36.4 Å². The summed E-state index contributed by atoms with van der Waals surface area (Å²) in [6.07, 6.45) is 5.02. The van der Waals surface area contributed by atoms with Crippen LogP contribution in [0, 0.1) is 0 Å². The second kappa shape index (κ2) is 6.03. The number of pyridine rings is 1. The Labute approximate surface area is 132 Å². The zero-order chi connectivity index (χ0) is 15.5. The minimum absolute atomic E-state index is 0.570. The van der Waals surface area contributed by atoms with Crippen LogP contribution in [0.1, 0.15) is 17.0 Å². The second-order valence-corrected chi connectivity index (χ2v) is 5.29. The fourth-order valence-electron chi connectivity index (χ4n) is 2.33. The highest BCUT2D eigenvalue weighted by atomic mass is 35.5. The number of carbonyl (C=O) groups is 1. The Hall–Kier alpha value is -2.59. The third-order valence-electron chi connectivity index (χ3n) is 3.29. The molecule has 1 N–H and O–H groups in total. The van der Waals surface area contributed by atoms with Gasteiger partial charge in [-0.1, -0.05) is 41.9 Å². The number of aromatic nitrogens is 2. The lowest BCUT2D eigenvalue weighted by Crippen LogP contribution is -1.94. The van der Waals surface area contributed by atoms with Gasteiger partial charge in [-0.05, 0) is 23.8 Å². The maximum atomic E-state index is 10.8. The first-order valence-electron chi connectivity index (χ1n) is 6.75. The van der Waals surface area contributed by atoms with Crippen molar-refractivity contribution in [2.45, 2.75) is 6.42 Å². The van der Waals surface area contributed by atoms with Crippen molar-refractivity contribution in [1.29, 1.82) is 0 Å². The summed E-state index contributed by atoms with van der Waals surface area (Å²) < 4.78 is 1.81. The number of halogens is 1. The summed E-state index contributed by atoms with van der Waals surface area (Å²) in [7, 11) is 0. The molecule has 110 valence electrons. The molecule has 0 saturated carbocycles. The number of aliphatic carboxylic acids is 1. The van der Waals surface area contributed by atoms with E-state index < -0.39 is 5.97 Å². The Balaban J connectivity index is 2.11. The molecule has 0 atom stereocenters. The van der Waals surface area contributed by atoms with Crippen LogP contribution in [-0.2, 0) is 11.2 Å². The third kappa shape index (κ3) is 3.02. The van der Waals surface area contributed by atoms with Crippen molar-refractivity contribution in [1.82, 2.24) is 9.38 Å². The summed E-state index contributed by atoms with van der Waals surface area (Å²) >= 11 is 6.03. The number of rotatable bonds is 4. The molecular weight excluding hydrogens is 300 g/mol. The van der Waals surface area contributed by atoms with E-state index >= 15 is 0 Å². The first kappa shape index (κ1) is 14.4. The number of imidazole rings is 1. The van der Waals surface area contributed by atoms with E-state index in [0.717, 1.165) is 28.7 Å². The topological polar surface area (TPSA) is 54.6 Å². The molecule has 0 spiro atoms. The summed E-state index contributed by atoms with van der Waals surface area (Å²) in [6, 6.07) is 13.5. The molecule has 2 aromatic heterocycles. The van der Waals surface area contributed by atoms with E-state index in [2.05, 4.69) is 4.98 Å². The minimum atomic E-state index is -0.998. The molecule has 0 amide bonds. The predicted molar refractivity (Wildman–Crippen MR) is 86.1 cm³/mol. The maximum Gasteiger partial charge on any atom is 0.328 e. The molecule has 1 aromatic carbocycles. The van der Waals surface area contributed by atoms with E-state index in [0.29, 0.717) is 11.4 Å². The van der Waals surface area contributed by atoms with Crippen molar-refractivity contribution >= 4 is 29.3 Å². The van der Waals surface area contributed by atoms with Crippen LogP contribution in [0.3, 0.4) is 0 Å². The second-order valence-electron chi connectivity index (χ2n) is 4.85. The molecule has 4 nitrogen and oxygen atoms in total. The smallest absolute Gasteiger partial charge is 0.328 e. The number of hydrogen-bond acceptors (Lipinski definition) is 2. The normalized spacial score (nSPS) is 11.3. The summed E-state index contributed by atoms with van der Waals surface area (Å²) in [6.45, 7) is 0. The van der Waals surface area contributed by atoms with Crippen molar-refractivity contribution in [2.24, 2.45) is 0 Å². The number of carboxylic acids is 1. The first-order valence-corrected chi connectivity index (χ1v) is 7.13. The van der Waals surface area contributed by atoms with Crippen LogP contribution in [0.4, 0.5) is 0 Å². The number of benzene rings is 1. The van der Waals surface area contributed by atoms with Crippen molar-refractivity contribution in [2.75, 3.05) is 0 Å². The number of nitrogens with zero attached hydrogens (tertiary/aromatic N) is 2. The molecule has 22 heavy (non-hydrogen) atoms. The van der Waals surface area contributed by atoms with Crippen LogP contribution >= 0.6 is 11.6 Å². The van der Waals surface area contributed by atoms with Gasteiger partial charge in [-0.25, -0.2) is 9.78 Å². The van der Waals surface area contributed by atoms with Crippen LogP contribution in [-0.4, -0.2) is 20.5 Å². The van der Waals surface area contributed by atoms with Crippen LogP contribution in [0.5, 0.6) is 0 Å². The van der Waals surface area contributed by atoms with Gasteiger partial charge in [0, 0.05) is 18.7 Å². The summed E-state index contributed by atoms with van der Waals surface area (Å²) in [4.78, 5) is 15.4. The quantitative estimate of drug-likeness (QED) is 0.748. The monoisotopic (exact) mass is 312 g/mol. The molecule has 0 unspecified atom stereocenters. The van der Waals surface area contributed by atoms with Crippen LogP contribution in [0.15, 0.2) is 54.7 Å². The van der Waals surface area contributed by atoms with Crippen LogP contribution in [0.2, 0.25) is 5.02 Å². The fourth-order valence-corrected chi connectivity index (χ4v) is 2.49. The Morgan fingerprint density at radius 1 is 1.23 bits per heavy atom. The lowest BCUT2D eigenvalue weighted by atomic mass is 10.1. The Morgan fingerprint density at radius 2 is 2.00 bits per heavy atom. The predicted octanol–water partition coefficient (Wildman–Crippen LogP) is 3.68. The Morgan fingerprint density at radius 3 is 2.73 bits per heavy atom. The molecule has 0 radical (unpaired) electrons. The minimum Gasteiger partial charge on any atom is -0.478 e. The molecule has 0 bridgehead atoms. The third-order valence-corrected chi connectivity index (χ3v) is 3.52. The highest BCUT2D eigenvalue weighted by Crippen LogP contribution is 2.20. The molecule has 0 aliphatic carbocycles. The molecule has 5 heteroatoms. The molecular formula is C17H13ClN2O2. The molecule has 2 heterocycles. The highest BCUT2D eigenvalue weighted by molar-refractivity contribution is 6.30. The van der Waals surface area contributed by atoms with E-state index in [-0.39, 0.29) is 0 Å². The fraction of sp³-hybridized carbons (Fsp3) is 0.0588. The van der Waals surface area contributed by atoms with Gasteiger partial charge in [0.25, 0.3) is 0 Å². The van der Waals surface area contributed by atoms with Gasteiger partial charge in [0.15, 0.2) is 0 Å². The van der Waals surface area contributed by atoms with E-state index in [1.165, 1.54) is 0 Å². The molecule has 3 rings (SSSR count). The van der Waals surface area contributed by atoms with Gasteiger partial charge < -0.3 is 5.11 Å². The number of hydrogen-bond donors (Lipinski definition) is 1. The average Bonchev–Trinajstić information content (AvgIpc) is 2.82. The van der Waals surface area contributed by atoms with Gasteiger partial charge >= 0.3 is 5.97 Å². The van der Waals surface area contributed by atoms with E-state index in [4.69, 9.17) is 16.7 Å². The van der Waals surface area contributed by atoms with E-state index in [9.17, 15) is 4.79 Å². The average molecular weight is 313 g/mol. The lowest BCUT2D eigenvalue weighted by Gasteiger charge is -2.01. The molecule has 0 saturated heterocycles.